The van der Waals surface area contributed by atoms with Crippen molar-refractivity contribution in [1.82, 2.24) is 4.90 Å². The predicted octanol–water partition coefficient (Wildman–Crippen LogP) is 2.19. The van der Waals surface area contributed by atoms with Crippen LogP contribution in [0.5, 0.6) is 0 Å². The van der Waals surface area contributed by atoms with Gasteiger partial charge in [-0.15, -0.1) is 0 Å². The fourth-order valence-electron chi connectivity index (χ4n) is 2.53. The second kappa shape index (κ2) is 6.02. The predicted molar refractivity (Wildman–Crippen MR) is 75.7 cm³/mol. The van der Waals surface area contributed by atoms with Gasteiger partial charge in [-0.2, -0.15) is 0 Å². The average Bonchev–Trinajstić information content (AvgIpc) is 2.46. The van der Waals surface area contributed by atoms with Crippen LogP contribution in [0.1, 0.15) is 12.8 Å². The van der Waals surface area contributed by atoms with Gasteiger partial charge in [0.1, 0.15) is 0 Å². The first-order valence-electron chi connectivity index (χ1n) is 6.64. The standard InChI is InChI=1S/C14H22N3O2/c1-15(2)12-8-10-16(11-9-12)13-4-6-14(7-5-13)17(18)19-3/h4-7,12H,8-11H2,1-3H3/q+1. The number of hydrogen-bond donors (Lipinski definition) is 0. The molecule has 1 aromatic rings. The van der Waals surface area contributed by atoms with E-state index < -0.39 is 0 Å². The Labute approximate surface area is 114 Å². The molecule has 1 fully saturated rings. The maximum Gasteiger partial charge on any atom is 0.316 e. The topological polar surface area (TPSA) is 35.8 Å². The highest BCUT2D eigenvalue weighted by Gasteiger charge is 2.21. The lowest BCUT2D eigenvalue weighted by Gasteiger charge is -2.36. The molecule has 0 amide bonds. The maximum absolute atomic E-state index is 11.3. The van der Waals surface area contributed by atoms with E-state index in [2.05, 4.69) is 28.7 Å². The molecule has 0 aliphatic carbocycles. The zero-order valence-corrected chi connectivity index (χ0v) is 11.9. The SMILES string of the molecule is CO[N+](=O)c1ccc(N2CCC(N(C)C)CC2)cc1. The molecular formula is C14H22N3O2+. The lowest BCUT2D eigenvalue weighted by Crippen LogP contribution is -2.41. The van der Waals surface area contributed by atoms with E-state index in [1.165, 1.54) is 25.6 Å². The molecule has 1 saturated heterocycles. The summed E-state index contributed by atoms with van der Waals surface area (Å²) in [6.07, 6.45) is 2.36. The summed E-state index contributed by atoms with van der Waals surface area (Å²) in [4.78, 5) is 21.1. The largest absolute Gasteiger partial charge is 0.371 e. The smallest absolute Gasteiger partial charge is 0.316 e. The van der Waals surface area contributed by atoms with Gasteiger partial charge in [-0.3, -0.25) is 0 Å². The molecular weight excluding hydrogens is 242 g/mol. The number of rotatable bonds is 4. The molecule has 0 unspecified atom stereocenters. The molecule has 0 N–H and O–H groups in total. The third-order valence-corrected chi connectivity index (χ3v) is 3.79. The van der Waals surface area contributed by atoms with Gasteiger partial charge in [-0.1, -0.05) is 0 Å². The number of benzene rings is 1. The van der Waals surface area contributed by atoms with E-state index in [1.807, 2.05) is 12.1 Å². The molecule has 0 atom stereocenters. The highest BCUT2D eigenvalue weighted by molar-refractivity contribution is 5.51. The molecule has 0 spiro atoms. The Morgan fingerprint density at radius 1 is 1.21 bits per heavy atom. The van der Waals surface area contributed by atoms with Gasteiger partial charge < -0.3 is 9.80 Å². The number of hydrogen-bond acceptors (Lipinski definition) is 4. The van der Waals surface area contributed by atoms with E-state index in [-0.39, 0.29) is 0 Å². The Kier molecular flexibility index (Phi) is 4.37. The Hall–Kier alpha value is -1.62. The van der Waals surface area contributed by atoms with E-state index in [1.54, 1.807) is 12.1 Å². The molecule has 0 radical (unpaired) electrons. The summed E-state index contributed by atoms with van der Waals surface area (Å²) in [5.74, 6) is 0. The van der Waals surface area contributed by atoms with Crippen molar-refractivity contribution in [1.29, 1.82) is 0 Å². The minimum atomic E-state index is 0.516. The minimum absolute atomic E-state index is 0.516. The van der Waals surface area contributed by atoms with E-state index in [0.29, 0.717) is 16.7 Å². The molecule has 0 saturated carbocycles. The van der Waals surface area contributed by atoms with Crippen LogP contribution in [0.15, 0.2) is 24.3 Å². The monoisotopic (exact) mass is 264 g/mol. The second-order valence-corrected chi connectivity index (χ2v) is 5.14. The van der Waals surface area contributed by atoms with Crippen molar-refractivity contribution in [2.45, 2.75) is 18.9 Å². The number of anilines is 1. The lowest BCUT2D eigenvalue weighted by atomic mass is 10.0. The minimum Gasteiger partial charge on any atom is -0.371 e. The molecule has 5 heteroatoms. The van der Waals surface area contributed by atoms with Crippen molar-refractivity contribution in [3.05, 3.63) is 29.2 Å². The van der Waals surface area contributed by atoms with Crippen molar-refractivity contribution >= 4 is 11.4 Å². The Morgan fingerprint density at radius 3 is 2.26 bits per heavy atom. The van der Waals surface area contributed by atoms with E-state index in [9.17, 15) is 4.91 Å². The third kappa shape index (κ3) is 3.23. The van der Waals surface area contributed by atoms with Crippen molar-refractivity contribution in [2.24, 2.45) is 0 Å². The highest BCUT2D eigenvalue weighted by atomic mass is 16.8. The number of piperidine rings is 1. The van der Waals surface area contributed by atoms with Crippen molar-refractivity contribution in [2.75, 3.05) is 39.2 Å². The van der Waals surface area contributed by atoms with E-state index >= 15 is 0 Å². The van der Waals surface area contributed by atoms with Crippen LogP contribution in [-0.4, -0.2) is 50.2 Å². The second-order valence-electron chi connectivity index (χ2n) is 5.14. The van der Waals surface area contributed by atoms with Crippen LogP contribution in [-0.2, 0) is 4.84 Å². The van der Waals surface area contributed by atoms with Crippen LogP contribution >= 0.6 is 0 Å². The molecule has 0 aromatic heterocycles. The Bertz CT molecular complexity index is 423. The molecule has 1 heterocycles. The van der Waals surface area contributed by atoms with Gasteiger partial charge in [-0.25, -0.2) is 4.84 Å². The summed E-state index contributed by atoms with van der Waals surface area (Å²) >= 11 is 0. The summed E-state index contributed by atoms with van der Waals surface area (Å²) in [6.45, 7) is 2.13. The van der Waals surface area contributed by atoms with Gasteiger partial charge in [0, 0.05) is 37.0 Å². The summed E-state index contributed by atoms with van der Waals surface area (Å²) in [7, 11) is 5.65. The van der Waals surface area contributed by atoms with Gasteiger partial charge in [0.2, 0.25) is 0 Å². The van der Waals surface area contributed by atoms with Crippen molar-refractivity contribution in [3.8, 4) is 0 Å². The summed E-state index contributed by atoms with van der Waals surface area (Å²) in [5, 5.41) is 0. The third-order valence-electron chi connectivity index (χ3n) is 3.79. The number of nitrogens with zero attached hydrogens (tertiary/aromatic N) is 3. The summed E-state index contributed by atoms with van der Waals surface area (Å²) in [5.41, 5.74) is 1.69. The first-order valence-corrected chi connectivity index (χ1v) is 6.64. The molecule has 0 bridgehead atoms. The molecule has 19 heavy (non-hydrogen) atoms. The van der Waals surface area contributed by atoms with Gasteiger partial charge in [0.25, 0.3) is 4.92 Å². The van der Waals surface area contributed by atoms with E-state index in [4.69, 9.17) is 0 Å². The van der Waals surface area contributed by atoms with Crippen LogP contribution in [0.25, 0.3) is 0 Å². The quantitative estimate of drug-likeness (QED) is 0.781. The first kappa shape index (κ1) is 13.8. The van der Waals surface area contributed by atoms with Crippen LogP contribution in [0, 0.1) is 4.91 Å². The fraction of sp³-hybridized carbons (Fsp3) is 0.571. The summed E-state index contributed by atoms with van der Waals surface area (Å²) < 4.78 is 0. The van der Waals surface area contributed by atoms with Gasteiger partial charge in [0.05, 0.1) is 4.91 Å². The molecule has 1 aliphatic heterocycles. The lowest BCUT2D eigenvalue weighted by molar-refractivity contribution is -0.736. The normalized spacial score (nSPS) is 16.7. The Morgan fingerprint density at radius 2 is 1.79 bits per heavy atom. The zero-order valence-electron chi connectivity index (χ0n) is 11.9. The molecule has 5 nitrogen and oxygen atoms in total. The van der Waals surface area contributed by atoms with Crippen molar-refractivity contribution < 1.29 is 9.76 Å². The fourth-order valence-corrected chi connectivity index (χ4v) is 2.53. The average molecular weight is 264 g/mol. The molecule has 104 valence electrons. The molecule has 2 rings (SSSR count). The van der Waals surface area contributed by atoms with Crippen LogP contribution in [0.2, 0.25) is 0 Å². The van der Waals surface area contributed by atoms with E-state index in [0.717, 1.165) is 13.1 Å². The van der Waals surface area contributed by atoms with Crippen LogP contribution in [0.4, 0.5) is 11.4 Å². The van der Waals surface area contributed by atoms with Gasteiger partial charge in [0.15, 0.2) is 7.11 Å². The van der Waals surface area contributed by atoms with Gasteiger partial charge >= 0.3 is 5.69 Å². The molecule has 1 aromatic carbocycles. The molecule has 1 aliphatic rings. The Balaban J connectivity index is 1.98. The van der Waals surface area contributed by atoms with Crippen molar-refractivity contribution in [3.63, 3.8) is 0 Å². The first-order chi connectivity index (χ1) is 9.11. The van der Waals surface area contributed by atoms with Gasteiger partial charge in [-0.05, 0) is 39.1 Å². The zero-order chi connectivity index (χ0) is 13.8. The summed E-state index contributed by atoms with van der Waals surface area (Å²) in [6, 6.07) is 8.24. The van der Waals surface area contributed by atoms with Crippen LogP contribution in [0.3, 0.4) is 0 Å². The highest BCUT2D eigenvalue weighted by Crippen LogP contribution is 2.24. The van der Waals surface area contributed by atoms with Crippen LogP contribution < -0.4 is 4.90 Å². The maximum atomic E-state index is 11.3.